The molecule has 0 N–H and O–H groups in total. The van der Waals surface area contributed by atoms with Crippen molar-refractivity contribution in [3.63, 3.8) is 0 Å². The maximum absolute atomic E-state index is 12.2. The van der Waals surface area contributed by atoms with Gasteiger partial charge in [-0.15, -0.1) is 0 Å². The highest BCUT2D eigenvalue weighted by molar-refractivity contribution is 5.81. The van der Waals surface area contributed by atoms with Gasteiger partial charge in [0.05, 0.1) is 0 Å². The molecule has 0 atom stereocenters. The van der Waals surface area contributed by atoms with Gasteiger partial charge in [-0.25, -0.2) is 0 Å². The van der Waals surface area contributed by atoms with E-state index in [4.69, 9.17) is 0 Å². The van der Waals surface area contributed by atoms with Crippen LogP contribution in [-0.2, 0) is 4.79 Å². The summed E-state index contributed by atoms with van der Waals surface area (Å²) < 4.78 is 0. The Bertz CT molecular complexity index is 339. The van der Waals surface area contributed by atoms with Crippen LogP contribution in [-0.4, -0.2) is 23.9 Å². The monoisotopic (exact) mass is 277 g/mol. The van der Waals surface area contributed by atoms with E-state index in [1.54, 1.807) is 0 Å². The number of allylic oxidation sites excluding steroid dienone is 3. The first kappa shape index (κ1) is 17.0. The van der Waals surface area contributed by atoms with Crippen molar-refractivity contribution < 1.29 is 4.79 Å². The van der Waals surface area contributed by atoms with E-state index in [0.29, 0.717) is 11.8 Å². The second-order valence-corrected chi connectivity index (χ2v) is 5.90. The number of hydrogen-bond acceptors (Lipinski definition) is 1. The highest BCUT2D eigenvalue weighted by Crippen LogP contribution is 2.31. The minimum absolute atomic E-state index is 0.340. The molecule has 0 radical (unpaired) electrons. The van der Waals surface area contributed by atoms with Crippen molar-refractivity contribution in [2.75, 3.05) is 13.1 Å². The molecule has 1 fully saturated rings. The topological polar surface area (TPSA) is 20.3 Å². The first-order chi connectivity index (χ1) is 9.69. The lowest BCUT2D eigenvalue weighted by Crippen LogP contribution is -2.34. The number of rotatable bonds is 10. The lowest BCUT2D eigenvalue weighted by molar-refractivity contribution is -0.132. The highest BCUT2D eigenvalue weighted by Gasteiger charge is 2.33. The molecule has 0 aromatic heterocycles. The molecule has 0 aromatic carbocycles. The summed E-state index contributed by atoms with van der Waals surface area (Å²) in [6.07, 6.45) is 14.5. The Morgan fingerprint density at radius 2 is 1.95 bits per heavy atom. The maximum atomic E-state index is 12.2. The molecule has 1 rings (SSSR count). The van der Waals surface area contributed by atoms with Crippen molar-refractivity contribution >= 4 is 5.91 Å². The van der Waals surface area contributed by atoms with Crippen LogP contribution in [0.4, 0.5) is 0 Å². The molecule has 2 heteroatoms. The zero-order valence-corrected chi connectivity index (χ0v) is 13.5. The quantitative estimate of drug-likeness (QED) is 0.418. The summed E-state index contributed by atoms with van der Waals surface area (Å²) in [5.74, 6) is 0.726. The Kier molecular flexibility index (Phi) is 8.32. The van der Waals surface area contributed by atoms with Crippen LogP contribution in [0, 0.1) is 5.92 Å². The number of carbonyl (C=O) groups excluding carboxylic acids is 1. The molecule has 1 aliphatic rings. The average molecular weight is 277 g/mol. The molecular formula is C18H31NO. The number of hydrogen-bond donors (Lipinski definition) is 0. The SMILES string of the molecule is CC/C=C\CC/C=C(/C)CN(CCCC)C(=O)C1CC1. The highest BCUT2D eigenvalue weighted by atomic mass is 16.2. The summed E-state index contributed by atoms with van der Waals surface area (Å²) in [4.78, 5) is 14.3. The average Bonchev–Trinajstić information content (AvgIpc) is 3.27. The zero-order valence-electron chi connectivity index (χ0n) is 13.5. The van der Waals surface area contributed by atoms with E-state index in [-0.39, 0.29) is 0 Å². The van der Waals surface area contributed by atoms with Gasteiger partial charge in [0.2, 0.25) is 5.91 Å². The molecule has 0 aromatic rings. The van der Waals surface area contributed by atoms with Gasteiger partial charge in [-0.1, -0.05) is 44.1 Å². The maximum Gasteiger partial charge on any atom is 0.225 e. The van der Waals surface area contributed by atoms with E-state index < -0.39 is 0 Å². The third-order valence-corrected chi connectivity index (χ3v) is 3.69. The molecule has 0 spiro atoms. The van der Waals surface area contributed by atoms with Crippen LogP contribution in [0.3, 0.4) is 0 Å². The van der Waals surface area contributed by atoms with Gasteiger partial charge in [0.1, 0.15) is 0 Å². The fraction of sp³-hybridized carbons (Fsp3) is 0.722. The summed E-state index contributed by atoms with van der Waals surface area (Å²) in [7, 11) is 0. The van der Waals surface area contributed by atoms with Crippen LogP contribution in [0.5, 0.6) is 0 Å². The van der Waals surface area contributed by atoms with Crippen molar-refractivity contribution in [1.82, 2.24) is 4.90 Å². The number of nitrogens with zero attached hydrogens (tertiary/aromatic N) is 1. The van der Waals surface area contributed by atoms with Gasteiger partial charge >= 0.3 is 0 Å². The van der Waals surface area contributed by atoms with Crippen molar-refractivity contribution in [2.24, 2.45) is 5.92 Å². The predicted molar refractivity (Wildman–Crippen MR) is 86.6 cm³/mol. The molecular weight excluding hydrogens is 246 g/mol. The summed E-state index contributed by atoms with van der Waals surface area (Å²) >= 11 is 0. The zero-order chi connectivity index (χ0) is 14.8. The Hall–Kier alpha value is -1.05. The molecule has 1 saturated carbocycles. The molecule has 0 aliphatic heterocycles. The number of unbranched alkanes of at least 4 members (excludes halogenated alkanes) is 2. The van der Waals surface area contributed by atoms with Gasteiger partial charge in [0.15, 0.2) is 0 Å². The smallest absolute Gasteiger partial charge is 0.225 e. The summed E-state index contributed by atoms with van der Waals surface area (Å²) in [6, 6.07) is 0. The van der Waals surface area contributed by atoms with Crippen molar-refractivity contribution in [3.05, 3.63) is 23.8 Å². The van der Waals surface area contributed by atoms with E-state index >= 15 is 0 Å². The van der Waals surface area contributed by atoms with Gasteiger partial charge in [0, 0.05) is 19.0 Å². The fourth-order valence-corrected chi connectivity index (χ4v) is 2.28. The van der Waals surface area contributed by atoms with Gasteiger partial charge in [-0.2, -0.15) is 0 Å². The molecule has 114 valence electrons. The van der Waals surface area contributed by atoms with Gasteiger partial charge in [0.25, 0.3) is 0 Å². The summed E-state index contributed by atoms with van der Waals surface area (Å²) in [6.45, 7) is 8.25. The molecule has 0 bridgehead atoms. The van der Waals surface area contributed by atoms with E-state index in [9.17, 15) is 4.79 Å². The molecule has 1 amide bonds. The minimum atomic E-state index is 0.340. The first-order valence-corrected chi connectivity index (χ1v) is 8.28. The van der Waals surface area contributed by atoms with E-state index in [0.717, 1.165) is 58.0 Å². The van der Waals surface area contributed by atoms with E-state index in [1.807, 2.05) is 0 Å². The predicted octanol–water partition coefficient (Wildman–Crippen LogP) is 4.72. The van der Waals surface area contributed by atoms with Crippen LogP contribution in [0.2, 0.25) is 0 Å². The van der Waals surface area contributed by atoms with Crippen LogP contribution in [0.25, 0.3) is 0 Å². The normalized spacial score (nSPS) is 15.8. The second kappa shape index (κ2) is 9.79. The summed E-state index contributed by atoms with van der Waals surface area (Å²) in [5.41, 5.74) is 1.33. The minimum Gasteiger partial charge on any atom is -0.338 e. The molecule has 0 heterocycles. The van der Waals surface area contributed by atoms with E-state index in [1.165, 1.54) is 5.57 Å². The first-order valence-electron chi connectivity index (χ1n) is 8.28. The van der Waals surface area contributed by atoms with Crippen molar-refractivity contribution in [1.29, 1.82) is 0 Å². The summed E-state index contributed by atoms with van der Waals surface area (Å²) in [5, 5.41) is 0. The molecule has 20 heavy (non-hydrogen) atoms. The number of amides is 1. The van der Waals surface area contributed by atoms with Crippen molar-refractivity contribution in [3.8, 4) is 0 Å². The van der Waals surface area contributed by atoms with Gasteiger partial charge < -0.3 is 4.90 Å². The largest absolute Gasteiger partial charge is 0.338 e. The van der Waals surface area contributed by atoms with Crippen LogP contribution in [0.1, 0.15) is 65.7 Å². The second-order valence-electron chi connectivity index (χ2n) is 5.90. The lowest BCUT2D eigenvalue weighted by Gasteiger charge is -2.23. The Balaban J connectivity index is 2.39. The van der Waals surface area contributed by atoms with Crippen molar-refractivity contribution in [2.45, 2.75) is 65.7 Å². The lowest BCUT2D eigenvalue weighted by atomic mass is 10.1. The Labute approximate surface area is 124 Å². The molecule has 0 unspecified atom stereocenters. The third-order valence-electron chi connectivity index (χ3n) is 3.69. The Morgan fingerprint density at radius 1 is 1.20 bits per heavy atom. The van der Waals surface area contributed by atoms with Gasteiger partial charge in [-0.3, -0.25) is 4.79 Å². The number of carbonyl (C=O) groups is 1. The third kappa shape index (κ3) is 6.93. The van der Waals surface area contributed by atoms with E-state index in [2.05, 4.69) is 43.9 Å². The molecule has 1 aliphatic carbocycles. The standard InChI is InChI=1S/C18H31NO/c1-4-6-8-9-10-11-16(3)15-19(14-7-5-2)18(20)17-12-13-17/h6,8,11,17H,4-5,7,9-10,12-15H2,1-3H3/b8-6-,16-11-. The molecule has 0 saturated heterocycles. The fourth-order valence-electron chi connectivity index (χ4n) is 2.28. The van der Waals surface area contributed by atoms with Crippen LogP contribution in [0.15, 0.2) is 23.8 Å². The van der Waals surface area contributed by atoms with Gasteiger partial charge in [-0.05, 0) is 45.4 Å². The van der Waals surface area contributed by atoms with Crippen LogP contribution >= 0.6 is 0 Å². The Morgan fingerprint density at radius 3 is 2.55 bits per heavy atom. The molecule has 2 nitrogen and oxygen atoms in total. The van der Waals surface area contributed by atoms with Crippen LogP contribution < -0.4 is 0 Å².